The number of ether oxygens (including phenoxy) is 1. The van der Waals surface area contributed by atoms with E-state index in [2.05, 4.69) is 0 Å². The molecule has 0 aromatic rings. The fraction of sp³-hybridized carbons (Fsp3) is 0.889. The quantitative estimate of drug-likeness (QED) is 0.739. The maximum Gasteiger partial charge on any atom is 0.436 e. The summed E-state index contributed by atoms with van der Waals surface area (Å²) >= 11 is 0. The van der Waals surface area contributed by atoms with Crippen molar-refractivity contribution in [3.63, 3.8) is 0 Å². The van der Waals surface area contributed by atoms with E-state index in [-0.39, 0.29) is 6.61 Å². The molecule has 0 aliphatic carbocycles. The van der Waals surface area contributed by atoms with E-state index in [0.29, 0.717) is 6.42 Å². The number of nitrogens with one attached hydrogen (secondary N) is 1. The lowest BCUT2D eigenvalue weighted by molar-refractivity contribution is -0.297. The molecule has 0 bridgehead atoms. The molecule has 0 saturated carbocycles. The second kappa shape index (κ2) is 3.37. The first-order chi connectivity index (χ1) is 6.65. The van der Waals surface area contributed by atoms with Gasteiger partial charge in [0.15, 0.2) is 0 Å². The van der Waals surface area contributed by atoms with Gasteiger partial charge in [0.05, 0.1) is 12.0 Å². The summed E-state index contributed by atoms with van der Waals surface area (Å²) < 4.78 is 42.3. The van der Waals surface area contributed by atoms with Gasteiger partial charge in [-0.2, -0.15) is 13.2 Å². The van der Waals surface area contributed by atoms with Gasteiger partial charge in [-0.05, 0) is 20.3 Å². The molecule has 3 nitrogen and oxygen atoms in total. The number of alkyl halides is 3. The number of hydrogen-bond donors (Lipinski definition) is 1. The Hall–Kier alpha value is -0.780. The van der Waals surface area contributed by atoms with Crippen LogP contribution in [-0.4, -0.2) is 24.4 Å². The van der Waals surface area contributed by atoms with Crippen LogP contribution in [0.1, 0.15) is 27.2 Å². The minimum Gasteiger partial charge on any atom is -0.347 e. The van der Waals surface area contributed by atoms with E-state index in [1.54, 1.807) is 13.8 Å². The van der Waals surface area contributed by atoms with E-state index in [1.165, 1.54) is 0 Å². The van der Waals surface area contributed by atoms with Crippen LogP contribution in [0.5, 0.6) is 0 Å². The Morgan fingerprint density at radius 2 is 2.00 bits per heavy atom. The molecule has 2 atom stereocenters. The Bertz CT molecular complexity index is 279. The zero-order valence-electron chi connectivity index (χ0n) is 8.86. The summed E-state index contributed by atoms with van der Waals surface area (Å²) in [6.07, 6.45) is -4.16. The van der Waals surface area contributed by atoms with Crippen LogP contribution in [0.15, 0.2) is 0 Å². The van der Waals surface area contributed by atoms with Gasteiger partial charge in [-0.15, -0.1) is 0 Å². The lowest BCUT2D eigenvalue weighted by Gasteiger charge is -2.43. The molecule has 0 radical (unpaired) electrons. The van der Waals surface area contributed by atoms with E-state index in [0.717, 1.165) is 6.92 Å². The topological polar surface area (TPSA) is 38.3 Å². The number of amides is 1. The van der Waals surface area contributed by atoms with Crippen LogP contribution in [0.25, 0.3) is 0 Å². The molecule has 88 valence electrons. The van der Waals surface area contributed by atoms with Gasteiger partial charge < -0.3 is 10.1 Å². The second-order valence-corrected chi connectivity index (χ2v) is 4.19. The highest BCUT2D eigenvalue weighted by molar-refractivity contribution is 5.83. The predicted molar refractivity (Wildman–Crippen MR) is 47.0 cm³/mol. The maximum atomic E-state index is 12.5. The lowest BCUT2D eigenvalue weighted by Crippen LogP contribution is -2.66. The number of carbonyl (C=O) groups is 1. The average molecular weight is 225 g/mol. The van der Waals surface area contributed by atoms with Crippen LogP contribution in [0.4, 0.5) is 13.2 Å². The predicted octanol–water partition coefficient (Wildman–Crippen LogP) is 1.83. The van der Waals surface area contributed by atoms with Crippen molar-refractivity contribution in [2.24, 2.45) is 5.41 Å². The summed E-state index contributed by atoms with van der Waals surface area (Å²) in [7, 11) is 0. The van der Waals surface area contributed by atoms with Gasteiger partial charge in [0.1, 0.15) is 0 Å². The number of hydrogen-bond acceptors (Lipinski definition) is 2. The zero-order chi connectivity index (χ0) is 11.9. The van der Waals surface area contributed by atoms with Crippen molar-refractivity contribution >= 4 is 5.91 Å². The number of carbonyl (C=O) groups excluding carboxylic acids is 1. The molecule has 1 fully saturated rings. The number of rotatable bonds is 1. The zero-order valence-corrected chi connectivity index (χ0v) is 8.86. The highest BCUT2D eigenvalue weighted by Crippen LogP contribution is 2.37. The molecule has 2 unspecified atom stereocenters. The van der Waals surface area contributed by atoms with Crippen molar-refractivity contribution in [2.75, 3.05) is 6.61 Å². The molecule has 0 spiro atoms. The van der Waals surface area contributed by atoms with Gasteiger partial charge >= 0.3 is 6.18 Å². The van der Waals surface area contributed by atoms with Crippen LogP contribution in [-0.2, 0) is 9.53 Å². The van der Waals surface area contributed by atoms with Crippen LogP contribution < -0.4 is 5.32 Å². The molecular weight excluding hydrogens is 211 g/mol. The van der Waals surface area contributed by atoms with E-state index in [1.807, 2.05) is 5.32 Å². The molecule has 1 aliphatic heterocycles. The summed E-state index contributed by atoms with van der Waals surface area (Å²) in [5, 5.41) is 1.89. The third-order valence-corrected chi connectivity index (χ3v) is 2.90. The van der Waals surface area contributed by atoms with E-state index < -0.39 is 23.2 Å². The van der Waals surface area contributed by atoms with Crippen molar-refractivity contribution in [3.8, 4) is 0 Å². The third-order valence-electron chi connectivity index (χ3n) is 2.90. The maximum absolute atomic E-state index is 12.5. The van der Waals surface area contributed by atoms with Gasteiger partial charge in [-0.25, -0.2) is 0 Å². The van der Waals surface area contributed by atoms with Crippen molar-refractivity contribution < 1.29 is 22.7 Å². The highest BCUT2D eigenvalue weighted by Gasteiger charge is 2.58. The Balaban J connectivity index is 2.87. The minimum absolute atomic E-state index is 0.217. The molecule has 1 rings (SSSR count). The Labute approximate surface area is 86.0 Å². The first-order valence-corrected chi connectivity index (χ1v) is 4.68. The molecule has 1 saturated heterocycles. The van der Waals surface area contributed by atoms with Crippen molar-refractivity contribution in [1.29, 1.82) is 0 Å². The molecule has 0 aromatic carbocycles. The summed E-state index contributed by atoms with van der Waals surface area (Å²) in [4.78, 5) is 11.5. The molecule has 6 heteroatoms. The van der Waals surface area contributed by atoms with Crippen LogP contribution >= 0.6 is 0 Å². The fourth-order valence-corrected chi connectivity index (χ4v) is 1.19. The first-order valence-electron chi connectivity index (χ1n) is 4.68. The normalized spacial score (nSPS) is 37.6. The lowest BCUT2D eigenvalue weighted by atomic mass is 9.85. The highest BCUT2D eigenvalue weighted by atomic mass is 19.4. The van der Waals surface area contributed by atoms with Crippen LogP contribution in [0, 0.1) is 5.41 Å². The standard InChI is InChI=1S/C9H14F3NO2/c1-4-7(2)5-15-8(3,9(10,11)12)13-6(7)14/h4-5H2,1-3H3,(H,13,14). The van der Waals surface area contributed by atoms with Crippen molar-refractivity contribution in [3.05, 3.63) is 0 Å². The van der Waals surface area contributed by atoms with Gasteiger partial charge in [-0.1, -0.05) is 6.92 Å². The van der Waals surface area contributed by atoms with E-state index in [4.69, 9.17) is 4.74 Å². The minimum atomic E-state index is -4.60. The van der Waals surface area contributed by atoms with Crippen LogP contribution in [0.2, 0.25) is 0 Å². The summed E-state index contributed by atoms with van der Waals surface area (Å²) in [6, 6.07) is 0. The van der Waals surface area contributed by atoms with Gasteiger partial charge in [0, 0.05) is 0 Å². The Kier molecular flexibility index (Phi) is 2.76. The summed E-state index contributed by atoms with van der Waals surface area (Å²) in [5.41, 5.74) is -3.43. The molecule has 1 N–H and O–H groups in total. The molecule has 0 aromatic heterocycles. The first kappa shape index (κ1) is 12.3. The largest absolute Gasteiger partial charge is 0.436 e. The third kappa shape index (κ3) is 1.95. The van der Waals surface area contributed by atoms with Crippen LogP contribution in [0.3, 0.4) is 0 Å². The molecule has 1 amide bonds. The number of halogens is 3. The average Bonchev–Trinajstić information content (AvgIpc) is 2.10. The van der Waals surface area contributed by atoms with Gasteiger partial charge in [0.25, 0.3) is 0 Å². The monoisotopic (exact) mass is 225 g/mol. The molecule has 15 heavy (non-hydrogen) atoms. The van der Waals surface area contributed by atoms with E-state index in [9.17, 15) is 18.0 Å². The summed E-state index contributed by atoms with van der Waals surface area (Å²) in [6.45, 7) is 3.92. The molecular formula is C9H14F3NO2. The van der Waals surface area contributed by atoms with Gasteiger partial charge in [0.2, 0.25) is 11.6 Å². The molecule has 1 heterocycles. The van der Waals surface area contributed by atoms with Gasteiger partial charge in [-0.3, -0.25) is 4.79 Å². The SMILES string of the molecule is CCC1(C)COC(C)(C(F)(F)F)NC1=O. The second-order valence-electron chi connectivity index (χ2n) is 4.19. The summed E-state index contributed by atoms with van der Waals surface area (Å²) in [5.74, 6) is -0.615. The molecule has 1 aliphatic rings. The fourth-order valence-electron chi connectivity index (χ4n) is 1.19. The van der Waals surface area contributed by atoms with E-state index >= 15 is 0 Å². The van der Waals surface area contributed by atoms with Crippen molar-refractivity contribution in [2.45, 2.75) is 39.1 Å². The van der Waals surface area contributed by atoms with Crippen molar-refractivity contribution in [1.82, 2.24) is 5.32 Å². The Morgan fingerprint density at radius 3 is 2.33 bits per heavy atom. The Morgan fingerprint density at radius 1 is 1.47 bits per heavy atom. The smallest absolute Gasteiger partial charge is 0.347 e.